The van der Waals surface area contributed by atoms with Crippen molar-refractivity contribution in [2.24, 2.45) is 5.92 Å². The number of hydrogen-bond donors (Lipinski definition) is 1. The molecule has 1 aliphatic heterocycles. The van der Waals surface area contributed by atoms with Crippen molar-refractivity contribution in [3.8, 4) is 0 Å². The zero-order valence-corrected chi connectivity index (χ0v) is 7.87. The van der Waals surface area contributed by atoms with Gasteiger partial charge in [0, 0.05) is 6.04 Å². The van der Waals surface area contributed by atoms with Crippen LogP contribution in [-0.2, 0) is 0 Å². The molecule has 0 aromatic carbocycles. The fourth-order valence-electron chi connectivity index (χ4n) is 2.21. The predicted molar refractivity (Wildman–Crippen MR) is 49.0 cm³/mol. The van der Waals surface area contributed by atoms with Gasteiger partial charge in [0.15, 0.2) is 0 Å². The van der Waals surface area contributed by atoms with Gasteiger partial charge in [-0.15, -0.1) is 0 Å². The molecule has 1 saturated heterocycles. The number of hydrogen-bond acceptors (Lipinski definition) is 2. The number of aliphatic hydroxyl groups excluding tert-OH is 1. The van der Waals surface area contributed by atoms with Crippen molar-refractivity contribution >= 4 is 0 Å². The van der Waals surface area contributed by atoms with E-state index in [4.69, 9.17) is 0 Å². The first-order valence-corrected chi connectivity index (χ1v) is 5.19. The first kappa shape index (κ1) is 8.52. The summed E-state index contributed by atoms with van der Waals surface area (Å²) in [5.74, 6) is 0.569. The smallest absolute Gasteiger partial charge is 0.0541 e. The molecule has 2 heteroatoms. The lowest BCUT2D eigenvalue weighted by Gasteiger charge is -2.33. The van der Waals surface area contributed by atoms with Gasteiger partial charge in [-0.25, -0.2) is 0 Å². The molecule has 1 unspecified atom stereocenters. The van der Waals surface area contributed by atoms with E-state index in [1.165, 1.54) is 38.8 Å². The van der Waals surface area contributed by atoms with Crippen LogP contribution in [0, 0.1) is 5.92 Å². The molecular formula is C10H19NO. The van der Waals surface area contributed by atoms with Gasteiger partial charge in [0.2, 0.25) is 0 Å². The van der Waals surface area contributed by atoms with E-state index in [0.29, 0.717) is 5.92 Å². The molecule has 0 amide bonds. The van der Waals surface area contributed by atoms with Crippen molar-refractivity contribution in [3.05, 3.63) is 0 Å². The number of piperidine rings is 1. The molecule has 0 spiro atoms. The topological polar surface area (TPSA) is 23.5 Å². The first-order valence-electron chi connectivity index (χ1n) is 5.19. The Hall–Kier alpha value is -0.0800. The number of aliphatic hydroxyl groups is 1. The van der Waals surface area contributed by atoms with Crippen LogP contribution in [0.25, 0.3) is 0 Å². The molecule has 0 radical (unpaired) electrons. The summed E-state index contributed by atoms with van der Waals surface area (Å²) in [4.78, 5) is 2.60. The average Bonchev–Trinajstić information content (AvgIpc) is 2.87. The summed E-state index contributed by atoms with van der Waals surface area (Å²) in [5.41, 5.74) is 0. The Balaban J connectivity index is 1.76. The molecule has 0 aromatic heterocycles. The standard InChI is InChI=1S/C10H19NO/c1-8(12)9-4-6-11(7-5-9)10-2-3-10/h8-10,12H,2-7H2,1H3. The molecule has 2 aliphatic rings. The van der Waals surface area contributed by atoms with Crippen LogP contribution in [0.5, 0.6) is 0 Å². The lowest BCUT2D eigenvalue weighted by molar-refractivity contribution is 0.0693. The maximum Gasteiger partial charge on any atom is 0.0541 e. The molecule has 70 valence electrons. The van der Waals surface area contributed by atoms with Crippen molar-refractivity contribution in [2.75, 3.05) is 13.1 Å². The summed E-state index contributed by atoms with van der Waals surface area (Å²) in [6.45, 7) is 4.37. The van der Waals surface area contributed by atoms with Crippen molar-refractivity contribution in [1.82, 2.24) is 4.90 Å². The number of nitrogens with zero attached hydrogens (tertiary/aromatic N) is 1. The molecule has 1 heterocycles. The molecule has 1 aliphatic carbocycles. The Morgan fingerprint density at radius 2 is 1.75 bits per heavy atom. The van der Waals surface area contributed by atoms with E-state index < -0.39 is 0 Å². The third kappa shape index (κ3) is 1.80. The van der Waals surface area contributed by atoms with Crippen LogP contribution < -0.4 is 0 Å². The summed E-state index contributed by atoms with van der Waals surface area (Å²) in [6.07, 6.45) is 5.15. The molecule has 1 atom stereocenters. The maximum absolute atomic E-state index is 9.40. The highest BCUT2D eigenvalue weighted by Crippen LogP contribution is 2.31. The van der Waals surface area contributed by atoms with E-state index in [0.717, 1.165) is 6.04 Å². The van der Waals surface area contributed by atoms with E-state index >= 15 is 0 Å². The third-order valence-electron chi connectivity index (χ3n) is 3.32. The second kappa shape index (κ2) is 3.35. The van der Waals surface area contributed by atoms with Crippen LogP contribution in [-0.4, -0.2) is 35.2 Å². The fraction of sp³-hybridized carbons (Fsp3) is 1.00. The second-order valence-electron chi connectivity index (χ2n) is 4.35. The quantitative estimate of drug-likeness (QED) is 0.672. The van der Waals surface area contributed by atoms with Gasteiger partial charge in [0.25, 0.3) is 0 Å². The zero-order chi connectivity index (χ0) is 8.55. The first-order chi connectivity index (χ1) is 5.77. The van der Waals surface area contributed by atoms with E-state index in [2.05, 4.69) is 4.90 Å². The Labute approximate surface area is 74.6 Å². The van der Waals surface area contributed by atoms with Gasteiger partial charge in [-0.1, -0.05) is 0 Å². The molecular weight excluding hydrogens is 150 g/mol. The van der Waals surface area contributed by atoms with Crippen LogP contribution in [0.1, 0.15) is 32.6 Å². The van der Waals surface area contributed by atoms with Gasteiger partial charge in [0.1, 0.15) is 0 Å². The summed E-state index contributed by atoms with van der Waals surface area (Å²) < 4.78 is 0. The van der Waals surface area contributed by atoms with Crippen LogP contribution in [0.3, 0.4) is 0 Å². The molecule has 2 rings (SSSR count). The Kier molecular flexibility index (Phi) is 2.37. The average molecular weight is 169 g/mol. The minimum atomic E-state index is -0.0913. The Morgan fingerprint density at radius 3 is 2.17 bits per heavy atom. The van der Waals surface area contributed by atoms with Crippen molar-refractivity contribution < 1.29 is 5.11 Å². The molecule has 1 saturated carbocycles. The largest absolute Gasteiger partial charge is 0.393 e. The lowest BCUT2D eigenvalue weighted by Crippen LogP contribution is -2.38. The lowest BCUT2D eigenvalue weighted by atomic mass is 9.92. The molecule has 2 fully saturated rings. The van der Waals surface area contributed by atoms with Crippen LogP contribution in [0.15, 0.2) is 0 Å². The summed E-state index contributed by atoms with van der Waals surface area (Å²) >= 11 is 0. The van der Waals surface area contributed by atoms with Gasteiger partial charge >= 0.3 is 0 Å². The monoisotopic (exact) mass is 169 g/mol. The van der Waals surface area contributed by atoms with Crippen LogP contribution >= 0.6 is 0 Å². The fourth-order valence-corrected chi connectivity index (χ4v) is 2.21. The van der Waals surface area contributed by atoms with Gasteiger partial charge in [-0.05, 0) is 51.6 Å². The van der Waals surface area contributed by atoms with Gasteiger partial charge in [0.05, 0.1) is 6.10 Å². The predicted octanol–water partition coefficient (Wildman–Crippen LogP) is 1.24. The molecule has 1 N–H and O–H groups in total. The summed E-state index contributed by atoms with van der Waals surface area (Å²) in [5, 5.41) is 9.40. The van der Waals surface area contributed by atoms with E-state index in [-0.39, 0.29) is 6.10 Å². The maximum atomic E-state index is 9.40. The SMILES string of the molecule is CC(O)C1CCN(C2CC2)CC1. The van der Waals surface area contributed by atoms with E-state index in [1.54, 1.807) is 0 Å². The normalized spacial score (nSPS) is 30.5. The van der Waals surface area contributed by atoms with Crippen molar-refractivity contribution in [2.45, 2.75) is 44.8 Å². The highest BCUT2D eigenvalue weighted by Gasteiger charge is 2.32. The highest BCUT2D eigenvalue weighted by atomic mass is 16.3. The molecule has 12 heavy (non-hydrogen) atoms. The van der Waals surface area contributed by atoms with Crippen LogP contribution in [0.2, 0.25) is 0 Å². The third-order valence-corrected chi connectivity index (χ3v) is 3.32. The van der Waals surface area contributed by atoms with E-state index in [9.17, 15) is 5.11 Å². The van der Waals surface area contributed by atoms with Crippen LogP contribution in [0.4, 0.5) is 0 Å². The molecule has 0 bridgehead atoms. The molecule has 0 aromatic rings. The highest BCUT2D eigenvalue weighted by molar-refractivity contribution is 4.87. The number of likely N-dealkylation sites (tertiary alicyclic amines) is 1. The Bertz CT molecular complexity index is 136. The van der Waals surface area contributed by atoms with Gasteiger partial charge < -0.3 is 10.0 Å². The second-order valence-corrected chi connectivity index (χ2v) is 4.35. The minimum absolute atomic E-state index is 0.0913. The number of rotatable bonds is 2. The summed E-state index contributed by atoms with van der Waals surface area (Å²) in [6, 6.07) is 0.917. The summed E-state index contributed by atoms with van der Waals surface area (Å²) in [7, 11) is 0. The van der Waals surface area contributed by atoms with Gasteiger partial charge in [-0.2, -0.15) is 0 Å². The minimum Gasteiger partial charge on any atom is -0.393 e. The zero-order valence-electron chi connectivity index (χ0n) is 7.87. The molecule has 2 nitrogen and oxygen atoms in total. The van der Waals surface area contributed by atoms with Crippen molar-refractivity contribution in [3.63, 3.8) is 0 Å². The van der Waals surface area contributed by atoms with Gasteiger partial charge in [-0.3, -0.25) is 0 Å². The Morgan fingerprint density at radius 1 is 1.17 bits per heavy atom. The van der Waals surface area contributed by atoms with Crippen molar-refractivity contribution in [1.29, 1.82) is 0 Å². The van der Waals surface area contributed by atoms with E-state index in [1.807, 2.05) is 6.92 Å².